The Morgan fingerprint density at radius 2 is 2.11 bits per heavy atom. The highest BCUT2D eigenvalue weighted by molar-refractivity contribution is 7.89. The molecule has 96 valence electrons. The summed E-state index contributed by atoms with van der Waals surface area (Å²) in [5.74, 6) is 0.201. The summed E-state index contributed by atoms with van der Waals surface area (Å²) in [6.45, 7) is -0.0422. The Morgan fingerprint density at radius 1 is 1.33 bits per heavy atom. The van der Waals surface area contributed by atoms with Gasteiger partial charge in [-0.05, 0) is 31.0 Å². The number of hydrogen-bond donors (Lipinski definition) is 2. The minimum Gasteiger partial charge on any atom is -0.482 e. The van der Waals surface area contributed by atoms with Gasteiger partial charge in [0.2, 0.25) is 10.0 Å². The third-order valence-corrected chi connectivity index (χ3v) is 4.31. The Hall–Kier alpha value is -1.60. The zero-order valence-corrected chi connectivity index (χ0v) is 10.3. The van der Waals surface area contributed by atoms with Crippen LogP contribution < -0.4 is 14.8 Å². The van der Waals surface area contributed by atoms with E-state index < -0.39 is 10.0 Å². The number of benzene rings is 1. The molecular weight excluding hydrogens is 256 g/mol. The van der Waals surface area contributed by atoms with Crippen molar-refractivity contribution in [1.29, 1.82) is 0 Å². The molecule has 0 unspecified atom stereocenters. The van der Waals surface area contributed by atoms with Crippen LogP contribution in [0.25, 0.3) is 0 Å². The van der Waals surface area contributed by atoms with E-state index in [1.54, 1.807) is 6.07 Å². The van der Waals surface area contributed by atoms with Crippen LogP contribution in [0.1, 0.15) is 12.8 Å². The highest BCUT2D eigenvalue weighted by Gasteiger charge is 2.29. The van der Waals surface area contributed by atoms with Crippen molar-refractivity contribution in [3.8, 4) is 5.75 Å². The summed E-state index contributed by atoms with van der Waals surface area (Å²) in [4.78, 5) is 11.3. The quantitative estimate of drug-likeness (QED) is 0.834. The molecular formula is C11H12N2O4S. The number of carbonyl (C=O) groups excluding carboxylic acids is 1. The molecule has 18 heavy (non-hydrogen) atoms. The molecule has 0 atom stereocenters. The monoisotopic (exact) mass is 268 g/mol. The Balaban J connectivity index is 1.93. The predicted octanol–water partition coefficient (Wildman–Crippen LogP) is 0.458. The first-order valence-electron chi connectivity index (χ1n) is 5.64. The van der Waals surface area contributed by atoms with Gasteiger partial charge in [0.25, 0.3) is 5.91 Å². The summed E-state index contributed by atoms with van der Waals surface area (Å²) >= 11 is 0. The van der Waals surface area contributed by atoms with E-state index in [0.29, 0.717) is 11.4 Å². The minimum absolute atomic E-state index is 0.0422. The van der Waals surface area contributed by atoms with Gasteiger partial charge < -0.3 is 10.1 Å². The molecule has 7 heteroatoms. The number of sulfonamides is 1. The van der Waals surface area contributed by atoms with Gasteiger partial charge in [0.15, 0.2) is 6.61 Å². The maximum absolute atomic E-state index is 12.0. The minimum atomic E-state index is -3.50. The molecule has 0 spiro atoms. The predicted molar refractivity (Wildman–Crippen MR) is 63.9 cm³/mol. The number of fused-ring (bicyclic) bond motifs is 1. The molecule has 0 bridgehead atoms. The zero-order valence-electron chi connectivity index (χ0n) is 9.47. The van der Waals surface area contributed by atoms with Gasteiger partial charge in [0.1, 0.15) is 5.75 Å². The lowest BCUT2D eigenvalue weighted by Gasteiger charge is -2.18. The van der Waals surface area contributed by atoms with Crippen LogP contribution in [0.5, 0.6) is 5.75 Å². The van der Waals surface area contributed by atoms with Crippen molar-refractivity contribution in [1.82, 2.24) is 4.72 Å². The summed E-state index contributed by atoms with van der Waals surface area (Å²) in [7, 11) is -3.50. The van der Waals surface area contributed by atoms with Gasteiger partial charge in [-0.15, -0.1) is 0 Å². The van der Waals surface area contributed by atoms with Crippen LogP contribution in [0.3, 0.4) is 0 Å². The molecule has 1 amide bonds. The number of carbonyl (C=O) groups is 1. The molecule has 2 aliphatic rings. The average Bonchev–Trinajstić information content (AvgIpc) is 3.11. The normalized spacial score (nSPS) is 18.8. The van der Waals surface area contributed by atoms with Gasteiger partial charge in [-0.25, -0.2) is 13.1 Å². The Bertz CT molecular complexity index is 607. The zero-order chi connectivity index (χ0) is 12.8. The fourth-order valence-corrected chi connectivity index (χ4v) is 3.05. The van der Waals surface area contributed by atoms with Gasteiger partial charge in [-0.3, -0.25) is 4.79 Å². The standard InChI is InChI=1S/C11H12N2O4S/c14-11-6-17-10-4-3-8(5-9(10)12-11)18(15,16)13-7-1-2-7/h3-5,7,13H,1-2,6H2,(H,12,14). The second-order valence-electron chi connectivity index (χ2n) is 4.39. The highest BCUT2D eigenvalue weighted by atomic mass is 32.2. The van der Waals surface area contributed by atoms with Crippen molar-refractivity contribution in [3.63, 3.8) is 0 Å². The number of anilines is 1. The van der Waals surface area contributed by atoms with Gasteiger partial charge in [0.05, 0.1) is 10.6 Å². The van der Waals surface area contributed by atoms with E-state index in [9.17, 15) is 13.2 Å². The van der Waals surface area contributed by atoms with Crippen LogP contribution in [0, 0.1) is 0 Å². The molecule has 2 N–H and O–H groups in total. The van der Waals surface area contributed by atoms with Crippen molar-refractivity contribution in [2.75, 3.05) is 11.9 Å². The molecule has 1 aliphatic carbocycles. The summed E-state index contributed by atoms with van der Waals surface area (Å²) in [6.07, 6.45) is 1.76. The summed E-state index contributed by atoms with van der Waals surface area (Å²) in [5.41, 5.74) is 0.393. The van der Waals surface area contributed by atoms with E-state index in [4.69, 9.17) is 4.74 Å². The largest absolute Gasteiger partial charge is 0.482 e. The van der Waals surface area contributed by atoms with Crippen LogP contribution in [0.4, 0.5) is 5.69 Å². The van der Waals surface area contributed by atoms with Crippen molar-refractivity contribution < 1.29 is 17.9 Å². The van der Waals surface area contributed by atoms with E-state index >= 15 is 0 Å². The smallest absolute Gasteiger partial charge is 0.262 e. The highest BCUT2D eigenvalue weighted by Crippen LogP contribution is 2.31. The molecule has 0 aromatic heterocycles. The molecule has 1 fully saturated rings. The van der Waals surface area contributed by atoms with Crippen molar-refractivity contribution in [2.24, 2.45) is 0 Å². The molecule has 0 radical (unpaired) electrons. The molecule has 1 aliphatic heterocycles. The van der Waals surface area contributed by atoms with Crippen LogP contribution in [0.2, 0.25) is 0 Å². The van der Waals surface area contributed by atoms with Crippen LogP contribution in [-0.4, -0.2) is 27.0 Å². The fraction of sp³-hybridized carbons (Fsp3) is 0.364. The fourth-order valence-electron chi connectivity index (χ4n) is 1.72. The molecule has 6 nitrogen and oxygen atoms in total. The Labute approximate surface area is 104 Å². The van der Waals surface area contributed by atoms with Gasteiger partial charge in [0, 0.05) is 6.04 Å². The van der Waals surface area contributed by atoms with Crippen LogP contribution in [-0.2, 0) is 14.8 Å². The van der Waals surface area contributed by atoms with Crippen LogP contribution >= 0.6 is 0 Å². The lowest BCUT2D eigenvalue weighted by atomic mass is 10.2. The first-order chi connectivity index (χ1) is 8.54. The maximum Gasteiger partial charge on any atom is 0.262 e. The van der Waals surface area contributed by atoms with Gasteiger partial charge >= 0.3 is 0 Å². The molecule has 1 aromatic rings. The van der Waals surface area contributed by atoms with Gasteiger partial charge in [-0.2, -0.15) is 0 Å². The summed E-state index contributed by atoms with van der Waals surface area (Å²) in [6, 6.07) is 4.49. The van der Waals surface area contributed by atoms with Crippen molar-refractivity contribution in [3.05, 3.63) is 18.2 Å². The van der Waals surface area contributed by atoms with Crippen LogP contribution in [0.15, 0.2) is 23.1 Å². The first-order valence-corrected chi connectivity index (χ1v) is 7.12. The third kappa shape index (κ3) is 2.19. The lowest BCUT2D eigenvalue weighted by molar-refractivity contribution is -0.118. The van der Waals surface area contributed by atoms with E-state index in [2.05, 4.69) is 10.0 Å². The molecule has 0 saturated heterocycles. The third-order valence-electron chi connectivity index (χ3n) is 2.79. The Morgan fingerprint density at radius 3 is 2.83 bits per heavy atom. The van der Waals surface area contributed by atoms with E-state index in [1.165, 1.54) is 12.1 Å². The Kier molecular flexibility index (Phi) is 2.53. The van der Waals surface area contributed by atoms with E-state index in [-0.39, 0.29) is 23.5 Å². The molecule has 1 aromatic carbocycles. The SMILES string of the molecule is O=C1COc2ccc(S(=O)(=O)NC3CC3)cc2N1. The summed E-state index contributed by atoms with van der Waals surface area (Å²) < 4.78 is 31.7. The number of nitrogens with one attached hydrogen (secondary N) is 2. The second-order valence-corrected chi connectivity index (χ2v) is 6.10. The number of ether oxygens (including phenoxy) is 1. The van der Waals surface area contributed by atoms with Crippen molar-refractivity contribution >= 4 is 21.6 Å². The molecule has 3 rings (SSSR count). The molecule has 1 heterocycles. The average molecular weight is 268 g/mol. The topological polar surface area (TPSA) is 84.5 Å². The number of amides is 1. The van der Waals surface area contributed by atoms with Gasteiger partial charge in [-0.1, -0.05) is 0 Å². The lowest BCUT2D eigenvalue weighted by Crippen LogP contribution is -2.28. The second kappa shape index (κ2) is 3.96. The maximum atomic E-state index is 12.0. The number of hydrogen-bond acceptors (Lipinski definition) is 4. The number of rotatable bonds is 3. The van der Waals surface area contributed by atoms with E-state index in [0.717, 1.165) is 12.8 Å². The van der Waals surface area contributed by atoms with Crippen molar-refractivity contribution in [2.45, 2.75) is 23.8 Å². The summed E-state index contributed by atoms with van der Waals surface area (Å²) in [5, 5.41) is 2.59. The van der Waals surface area contributed by atoms with E-state index in [1.807, 2.05) is 0 Å². The first kappa shape index (κ1) is 11.5. The molecule has 1 saturated carbocycles.